The average Bonchev–Trinajstić information content (AvgIpc) is 3.00. The van der Waals surface area contributed by atoms with Crippen LogP contribution in [0.4, 0.5) is 5.13 Å². The predicted octanol–water partition coefficient (Wildman–Crippen LogP) is 2.56. The lowest BCUT2D eigenvalue weighted by Crippen LogP contribution is -2.27. The molecule has 10 heteroatoms. The lowest BCUT2D eigenvalue weighted by molar-refractivity contribution is -0.139. The molecule has 0 spiro atoms. The van der Waals surface area contributed by atoms with E-state index >= 15 is 0 Å². The zero-order valence-corrected chi connectivity index (χ0v) is 16.2. The van der Waals surface area contributed by atoms with Crippen LogP contribution in [0.2, 0.25) is 0 Å². The fourth-order valence-electron chi connectivity index (χ4n) is 1.75. The van der Waals surface area contributed by atoms with Crippen molar-refractivity contribution in [2.24, 2.45) is 5.73 Å². The van der Waals surface area contributed by atoms with Crippen LogP contribution in [0.3, 0.4) is 0 Å². The van der Waals surface area contributed by atoms with E-state index in [1.165, 1.54) is 23.1 Å². The zero-order chi connectivity index (χ0) is 17.5. The third-order valence-electron chi connectivity index (χ3n) is 2.97. The zero-order valence-electron chi connectivity index (χ0n) is 13.7. The molecule has 0 bridgehead atoms. The first-order chi connectivity index (χ1) is 11.5. The van der Waals surface area contributed by atoms with Crippen molar-refractivity contribution in [1.29, 1.82) is 0 Å². The Labute approximate surface area is 160 Å². The van der Waals surface area contributed by atoms with Crippen LogP contribution in [0, 0.1) is 6.92 Å². The molecule has 0 radical (unpaired) electrons. The molecule has 0 saturated heterocycles. The molecule has 1 heterocycles. The molecule has 2 rings (SSSR count). The Morgan fingerprint density at radius 3 is 2.64 bits per heavy atom. The van der Waals surface area contributed by atoms with Gasteiger partial charge in [0.15, 0.2) is 4.34 Å². The third kappa shape index (κ3) is 6.62. The molecule has 3 N–H and O–H groups in total. The third-order valence-corrected chi connectivity index (χ3v) is 4.92. The number of hydrogen-bond acceptors (Lipinski definition) is 8. The molecule has 1 aromatic carbocycles. The molecule has 7 nitrogen and oxygen atoms in total. The quantitative estimate of drug-likeness (QED) is 0.416. The van der Waals surface area contributed by atoms with E-state index in [1.807, 2.05) is 31.2 Å². The number of benzene rings is 1. The maximum Gasteiger partial charge on any atom is 0.316 e. The molecule has 0 saturated carbocycles. The minimum absolute atomic E-state index is 0. The Morgan fingerprint density at radius 2 is 2.00 bits per heavy atom. The van der Waals surface area contributed by atoms with Crippen LogP contribution < -0.4 is 11.1 Å². The van der Waals surface area contributed by atoms with Crippen LogP contribution in [-0.2, 0) is 14.3 Å². The first-order valence-corrected chi connectivity index (χ1v) is 9.04. The Bertz CT molecular complexity index is 709. The van der Waals surface area contributed by atoms with Crippen LogP contribution in [0.15, 0.2) is 28.6 Å². The number of hydrogen-bond donors (Lipinski definition) is 2. The molecule has 1 aromatic heterocycles. The number of aromatic nitrogens is 2. The average molecular weight is 403 g/mol. The fourth-order valence-corrected chi connectivity index (χ4v) is 3.30. The molecule has 25 heavy (non-hydrogen) atoms. The topological polar surface area (TPSA) is 107 Å². The van der Waals surface area contributed by atoms with Gasteiger partial charge in [-0.05, 0) is 19.4 Å². The number of carbonyl (C=O) groups is 2. The highest BCUT2D eigenvalue weighted by Gasteiger charge is 2.18. The van der Waals surface area contributed by atoms with E-state index in [2.05, 4.69) is 15.5 Å². The van der Waals surface area contributed by atoms with E-state index in [1.54, 1.807) is 6.92 Å². The molecule has 0 aliphatic rings. The molecule has 1 amide bonds. The van der Waals surface area contributed by atoms with E-state index < -0.39 is 6.04 Å². The Hall–Kier alpha value is -1.68. The summed E-state index contributed by atoms with van der Waals surface area (Å²) in [6.07, 6.45) is 0. The molecule has 1 atom stereocenters. The maximum absolute atomic E-state index is 12.2. The van der Waals surface area contributed by atoms with E-state index in [0.29, 0.717) is 16.1 Å². The molecule has 136 valence electrons. The summed E-state index contributed by atoms with van der Waals surface area (Å²) in [6, 6.07) is 6.65. The standard InChI is InChI=1S/C15H18N4O3S2.ClH/c1-3-22-11(20)8-23-15-19-18-14(24-15)17-13(21)12(16)10-6-4-9(2)5-7-10;/h4-7,12H,3,8,16H2,1-2H3,(H,17,18,21);1H. The number of rotatable bonds is 7. The highest BCUT2D eigenvalue weighted by atomic mass is 35.5. The number of carbonyl (C=O) groups excluding carboxylic acids is 2. The van der Waals surface area contributed by atoms with Gasteiger partial charge in [-0.1, -0.05) is 52.9 Å². The van der Waals surface area contributed by atoms with Gasteiger partial charge in [-0.2, -0.15) is 0 Å². The lowest BCUT2D eigenvalue weighted by Gasteiger charge is -2.10. The summed E-state index contributed by atoms with van der Waals surface area (Å²) >= 11 is 2.39. The van der Waals surface area contributed by atoms with Crippen molar-refractivity contribution in [3.8, 4) is 0 Å². The summed E-state index contributed by atoms with van der Waals surface area (Å²) in [5, 5.41) is 10.8. The second-order valence-electron chi connectivity index (χ2n) is 4.84. The maximum atomic E-state index is 12.2. The second-order valence-corrected chi connectivity index (χ2v) is 7.04. The first kappa shape index (κ1) is 21.4. The van der Waals surface area contributed by atoms with Crippen LogP contribution in [0.1, 0.15) is 24.1 Å². The van der Waals surface area contributed by atoms with E-state index in [9.17, 15) is 9.59 Å². The molecule has 0 aliphatic heterocycles. The largest absolute Gasteiger partial charge is 0.465 e. The molecule has 2 aromatic rings. The molecule has 0 fully saturated rings. The number of nitrogens with two attached hydrogens (primary N) is 1. The fraction of sp³-hybridized carbons (Fsp3) is 0.333. The van der Waals surface area contributed by atoms with Crippen molar-refractivity contribution in [1.82, 2.24) is 10.2 Å². The van der Waals surface area contributed by atoms with Gasteiger partial charge >= 0.3 is 5.97 Å². The minimum Gasteiger partial charge on any atom is -0.465 e. The van der Waals surface area contributed by atoms with Crippen LogP contribution in [0.25, 0.3) is 0 Å². The van der Waals surface area contributed by atoms with Crippen LogP contribution in [0.5, 0.6) is 0 Å². The van der Waals surface area contributed by atoms with Gasteiger partial charge in [-0.25, -0.2) is 0 Å². The Balaban J connectivity index is 0.00000312. The number of aryl methyl sites for hydroxylation is 1. The van der Waals surface area contributed by atoms with Gasteiger partial charge in [0.25, 0.3) is 0 Å². The smallest absolute Gasteiger partial charge is 0.316 e. The van der Waals surface area contributed by atoms with Crippen LogP contribution >= 0.6 is 35.5 Å². The van der Waals surface area contributed by atoms with Gasteiger partial charge in [0.05, 0.1) is 12.4 Å². The summed E-state index contributed by atoms with van der Waals surface area (Å²) in [7, 11) is 0. The number of nitrogens with one attached hydrogen (secondary N) is 1. The molecule has 1 unspecified atom stereocenters. The molecule has 0 aliphatic carbocycles. The van der Waals surface area contributed by atoms with Crippen molar-refractivity contribution in [2.45, 2.75) is 24.2 Å². The number of halogens is 1. The number of amides is 1. The molecular formula is C15H19ClN4O3S2. The van der Waals surface area contributed by atoms with Crippen molar-refractivity contribution < 1.29 is 14.3 Å². The minimum atomic E-state index is -0.787. The van der Waals surface area contributed by atoms with E-state index in [-0.39, 0.29) is 30.0 Å². The highest BCUT2D eigenvalue weighted by molar-refractivity contribution is 8.01. The summed E-state index contributed by atoms with van der Waals surface area (Å²) in [6.45, 7) is 4.05. The highest BCUT2D eigenvalue weighted by Crippen LogP contribution is 2.26. The van der Waals surface area contributed by atoms with Gasteiger partial charge < -0.3 is 10.5 Å². The summed E-state index contributed by atoms with van der Waals surface area (Å²) in [5.41, 5.74) is 7.77. The van der Waals surface area contributed by atoms with Gasteiger partial charge in [0.1, 0.15) is 6.04 Å². The Kier molecular flexibility index (Phi) is 8.84. The van der Waals surface area contributed by atoms with Gasteiger partial charge in [0, 0.05) is 0 Å². The number of anilines is 1. The molecular weight excluding hydrogens is 384 g/mol. The van der Waals surface area contributed by atoms with Crippen molar-refractivity contribution in [3.63, 3.8) is 0 Å². The van der Waals surface area contributed by atoms with Crippen LogP contribution in [-0.4, -0.2) is 34.4 Å². The lowest BCUT2D eigenvalue weighted by atomic mass is 10.1. The van der Waals surface area contributed by atoms with Crippen molar-refractivity contribution in [3.05, 3.63) is 35.4 Å². The van der Waals surface area contributed by atoms with E-state index in [4.69, 9.17) is 10.5 Å². The summed E-state index contributed by atoms with van der Waals surface area (Å²) in [5.74, 6) is -0.527. The monoisotopic (exact) mass is 402 g/mol. The normalized spacial score (nSPS) is 11.3. The summed E-state index contributed by atoms with van der Waals surface area (Å²) < 4.78 is 5.41. The van der Waals surface area contributed by atoms with Gasteiger partial charge in [-0.15, -0.1) is 22.6 Å². The second kappa shape index (κ2) is 10.3. The summed E-state index contributed by atoms with van der Waals surface area (Å²) in [4.78, 5) is 23.5. The van der Waals surface area contributed by atoms with Gasteiger partial charge in [0.2, 0.25) is 11.0 Å². The number of nitrogens with zero attached hydrogens (tertiary/aromatic N) is 2. The first-order valence-electron chi connectivity index (χ1n) is 7.24. The number of esters is 1. The SMILES string of the molecule is CCOC(=O)CSc1nnc(NC(=O)C(N)c2ccc(C)cc2)s1.Cl. The van der Waals surface area contributed by atoms with Crippen molar-refractivity contribution >= 4 is 52.5 Å². The van der Waals surface area contributed by atoms with E-state index in [0.717, 1.165) is 11.1 Å². The number of thioether (sulfide) groups is 1. The Morgan fingerprint density at radius 1 is 1.32 bits per heavy atom. The number of ether oxygens (including phenoxy) is 1. The van der Waals surface area contributed by atoms with Gasteiger partial charge in [-0.3, -0.25) is 14.9 Å². The van der Waals surface area contributed by atoms with Crippen molar-refractivity contribution in [2.75, 3.05) is 17.7 Å². The predicted molar refractivity (Wildman–Crippen MR) is 101 cm³/mol.